The lowest BCUT2D eigenvalue weighted by atomic mass is 10.2. The molecule has 0 atom stereocenters. The first-order valence-corrected chi connectivity index (χ1v) is 7.03. The quantitative estimate of drug-likeness (QED) is 0.735. The molecule has 4 heteroatoms. The minimum atomic E-state index is 0.179. The first-order valence-electron chi connectivity index (χ1n) is 7.03. The highest BCUT2D eigenvalue weighted by atomic mass is 16.1. The largest absolute Gasteiger partial charge is 0.399 e. The van der Waals surface area contributed by atoms with Gasteiger partial charge in [0.1, 0.15) is 0 Å². The maximum Gasteiger partial charge on any atom is 0.221 e. The Morgan fingerprint density at radius 3 is 2.63 bits per heavy atom. The van der Waals surface area contributed by atoms with Crippen molar-refractivity contribution in [1.29, 1.82) is 0 Å². The molecule has 0 aliphatic heterocycles. The van der Waals surface area contributed by atoms with Crippen LogP contribution in [-0.2, 0) is 11.3 Å². The highest BCUT2D eigenvalue weighted by molar-refractivity contribution is 5.76. The molecule has 0 spiro atoms. The molecule has 0 radical (unpaired) electrons. The molecule has 1 aromatic carbocycles. The first-order chi connectivity index (χ1) is 9.17. The van der Waals surface area contributed by atoms with Crippen molar-refractivity contribution in [3.8, 4) is 0 Å². The zero-order valence-electron chi connectivity index (χ0n) is 11.6. The second kappa shape index (κ2) is 6.57. The van der Waals surface area contributed by atoms with E-state index in [-0.39, 0.29) is 5.91 Å². The molecular formula is C15H23N3O. The smallest absolute Gasteiger partial charge is 0.221 e. The van der Waals surface area contributed by atoms with E-state index < -0.39 is 0 Å². The molecule has 0 saturated heterocycles. The van der Waals surface area contributed by atoms with Crippen LogP contribution in [0.2, 0.25) is 0 Å². The summed E-state index contributed by atoms with van der Waals surface area (Å²) in [5.74, 6) is 0.179. The third kappa shape index (κ3) is 4.91. The number of carbonyl (C=O) groups excluding carboxylic acids is 1. The van der Waals surface area contributed by atoms with Gasteiger partial charge in [0, 0.05) is 31.2 Å². The number of nitrogens with two attached hydrogens (primary N) is 1. The molecule has 1 fully saturated rings. The van der Waals surface area contributed by atoms with Gasteiger partial charge in [0.2, 0.25) is 5.91 Å². The Hall–Kier alpha value is -1.55. The second-order valence-corrected chi connectivity index (χ2v) is 5.20. The predicted octanol–water partition coefficient (Wildman–Crippen LogP) is 1.76. The Labute approximate surface area is 115 Å². The van der Waals surface area contributed by atoms with Gasteiger partial charge in [-0.05, 0) is 37.1 Å². The molecule has 0 bridgehead atoms. The van der Waals surface area contributed by atoms with E-state index in [1.54, 1.807) is 0 Å². The van der Waals surface area contributed by atoms with Gasteiger partial charge in [-0.15, -0.1) is 0 Å². The number of nitrogens with zero attached hydrogens (tertiary/aromatic N) is 1. The fraction of sp³-hybridized carbons (Fsp3) is 0.533. The van der Waals surface area contributed by atoms with Gasteiger partial charge in [-0.3, -0.25) is 9.69 Å². The van der Waals surface area contributed by atoms with Crippen molar-refractivity contribution in [3.63, 3.8) is 0 Å². The summed E-state index contributed by atoms with van der Waals surface area (Å²) >= 11 is 0. The minimum Gasteiger partial charge on any atom is -0.399 e. The highest BCUT2D eigenvalue weighted by Gasteiger charge is 2.23. The first kappa shape index (κ1) is 13.9. The van der Waals surface area contributed by atoms with Crippen LogP contribution in [0.15, 0.2) is 24.3 Å². The minimum absolute atomic E-state index is 0.179. The van der Waals surface area contributed by atoms with Gasteiger partial charge < -0.3 is 11.1 Å². The molecule has 0 unspecified atom stereocenters. The number of rotatable bonds is 7. The number of amides is 1. The van der Waals surface area contributed by atoms with E-state index >= 15 is 0 Å². The standard InChI is InChI=1S/C15H23N3O/c1-2-18(10-9-15(19)17-14-7-8-14)11-12-3-5-13(16)6-4-12/h3-6,14H,2,7-11,16H2,1H3,(H,17,19). The van der Waals surface area contributed by atoms with Crippen molar-refractivity contribution in [2.75, 3.05) is 18.8 Å². The Morgan fingerprint density at radius 1 is 1.37 bits per heavy atom. The molecule has 2 rings (SSSR count). The number of carbonyl (C=O) groups is 1. The Balaban J connectivity index is 1.75. The van der Waals surface area contributed by atoms with E-state index in [2.05, 4.69) is 17.1 Å². The number of hydrogen-bond acceptors (Lipinski definition) is 3. The van der Waals surface area contributed by atoms with Crippen LogP contribution in [0, 0.1) is 0 Å². The number of anilines is 1. The van der Waals surface area contributed by atoms with E-state index in [9.17, 15) is 4.79 Å². The molecule has 1 aliphatic carbocycles. The van der Waals surface area contributed by atoms with Crippen molar-refractivity contribution in [2.45, 2.75) is 38.8 Å². The van der Waals surface area contributed by atoms with Gasteiger partial charge in [-0.2, -0.15) is 0 Å². The Morgan fingerprint density at radius 2 is 2.05 bits per heavy atom. The summed E-state index contributed by atoms with van der Waals surface area (Å²) < 4.78 is 0. The Bertz CT molecular complexity index is 412. The summed E-state index contributed by atoms with van der Waals surface area (Å²) in [6.45, 7) is 4.74. The third-order valence-electron chi connectivity index (χ3n) is 3.43. The van der Waals surface area contributed by atoms with Crippen molar-refractivity contribution in [3.05, 3.63) is 29.8 Å². The molecule has 1 saturated carbocycles. The van der Waals surface area contributed by atoms with Crippen LogP contribution in [0.3, 0.4) is 0 Å². The van der Waals surface area contributed by atoms with Gasteiger partial charge in [0.25, 0.3) is 0 Å². The van der Waals surface area contributed by atoms with Crippen LogP contribution < -0.4 is 11.1 Å². The summed E-state index contributed by atoms with van der Waals surface area (Å²) in [6, 6.07) is 8.39. The van der Waals surface area contributed by atoms with E-state index in [4.69, 9.17) is 5.73 Å². The molecule has 1 amide bonds. The maximum absolute atomic E-state index is 11.7. The summed E-state index contributed by atoms with van der Waals surface area (Å²) in [5.41, 5.74) is 7.70. The zero-order chi connectivity index (χ0) is 13.7. The molecule has 1 aromatic rings. The van der Waals surface area contributed by atoms with Crippen molar-refractivity contribution < 1.29 is 4.79 Å². The van der Waals surface area contributed by atoms with Crippen LogP contribution in [0.4, 0.5) is 5.69 Å². The lowest BCUT2D eigenvalue weighted by molar-refractivity contribution is -0.121. The number of benzene rings is 1. The lowest BCUT2D eigenvalue weighted by Gasteiger charge is -2.20. The van der Waals surface area contributed by atoms with Gasteiger partial charge in [-0.25, -0.2) is 0 Å². The molecule has 3 N–H and O–H groups in total. The molecule has 104 valence electrons. The van der Waals surface area contributed by atoms with Crippen LogP contribution >= 0.6 is 0 Å². The summed E-state index contributed by atoms with van der Waals surface area (Å²) in [6.07, 6.45) is 2.88. The van der Waals surface area contributed by atoms with Crippen LogP contribution in [-0.4, -0.2) is 29.9 Å². The van der Waals surface area contributed by atoms with E-state index in [1.807, 2.05) is 24.3 Å². The van der Waals surface area contributed by atoms with E-state index in [1.165, 1.54) is 5.56 Å². The molecule has 4 nitrogen and oxygen atoms in total. The second-order valence-electron chi connectivity index (χ2n) is 5.20. The SMILES string of the molecule is CCN(CCC(=O)NC1CC1)Cc1ccc(N)cc1. The zero-order valence-corrected chi connectivity index (χ0v) is 11.6. The van der Waals surface area contributed by atoms with Crippen molar-refractivity contribution in [1.82, 2.24) is 10.2 Å². The predicted molar refractivity (Wildman–Crippen MR) is 77.6 cm³/mol. The topological polar surface area (TPSA) is 58.4 Å². The lowest BCUT2D eigenvalue weighted by Crippen LogP contribution is -2.31. The Kier molecular flexibility index (Phi) is 4.80. The average molecular weight is 261 g/mol. The number of nitrogen functional groups attached to an aromatic ring is 1. The van der Waals surface area contributed by atoms with Crippen LogP contribution in [0.25, 0.3) is 0 Å². The van der Waals surface area contributed by atoms with Gasteiger partial charge in [0.05, 0.1) is 0 Å². The fourth-order valence-corrected chi connectivity index (χ4v) is 2.02. The van der Waals surface area contributed by atoms with E-state index in [0.717, 1.165) is 38.2 Å². The van der Waals surface area contributed by atoms with Crippen LogP contribution in [0.5, 0.6) is 0 Å². The monoisotopic (exact) mass is 261 g/mol. The summed E-state index contributed by atoms with van der Waals surface area (Å²) in [4.78, 5) is 13.9. The maximum atomic E-state index is 11.7. The van der Waals surface area contributed by atoms with E-state index in [0.29, 0.717) is 12.5 Å². The molecular weight excluding hydrogens is 238 g/mol. The third-order valence-corrected chi connectivity index (χ3v) is 3.43. The van der Waals surface area contributed by atoms with Crippen molar-refractivity contribution >= 4 is 11.6 Å². The number of nitrogens with one attached hydrogen (secondary N) is 1. The van der Waals surface area contributed by atoms with Gasteiger partial charge in [0.15, 0.2) is 0 Å². The van der Waals surface area contributed by atoms with Crippen molar-refractivity contribution in [2.24, 2.45) is 0 Å². The normalized spacial score (nSPS) is 14.6. The average Bonchev–Trinajstić information content (AvgIpc) is 3.20. The molecule has 19 heavy (non-hydrogen) atoms. The van der Waals surface area contributed by atoms with Crippen LogP contribution in [0.1, 0.15) is 31.7 Å². The highest BCUT2D eigenvalue weighted by Crippen LogP contribution is 2.18. The summed E-state index contributed by atoms with van der Waals surface area (Å²) in [5, 5.41) is 3.02. The number of hydrogen-bond donors (Lipinski definition) is 2. The fourth-order valence-electron chi connectivity index (χ4n) is 2.02. The molecule has 0 heterocycles. The van der Waals surface area contributed by atoms with Gasteiger partial charge >= 0.3 is 0 Å². The summed E-state index contributed by atoms with van der Waals surface area (Å²) in [7, 11) is 0. The molecule has 1 aliphatic rings. The molecule has 0 aromatic heterocycles. The van der Waals surface area contributed by atoms with Gasteiger partial charge in [-0.1, -0.05) is 19.1 Å².